The molecule has 0 aromatic carbocycles. The summed E-state index contributed by atoms with van der Waals surface area (Å²) in [6, 6.07) is 0. The van der Waals surface area contributed by atoms with Gasteiger partial charge in [0.15, 0.2) is 0 Å². The first-order valence-electron chi connectivity index (χ1n) is 3.71. The van der Waals surface area contributed by atoms with E-state index in [1.807, 2.05) is 0 Å². The minimum atomic E-state index is -3.11. The minimum absolute atomic E-state index is 0.284. The van der Waals surface area contributed by atoms with Crippen LogP contribution in [0.25, 0.3) is 0 Å². The fraction of sp³-hybridized carbons (Fsp3) is 0.857. The highest BCUT2D eigenvalue weighted by Gasteiger charge is 2.68. The third-order valence-corrected chi connectivity index (χ3v) is 2.35. The molecule has 0 N–H and O–H groups in total. The highest BCUT2D eigenvalue weighted by Crippen LogP contribution is 2.59. The predicted molar refractivity (Wildman–Crippen MR) is 44.0 cm³/mol. The van der Waals surface area contributed by atoms with Gasteiger partial charge in [0.25, 0.3) is 0 Å². The van der Waals surface area contributed by atoms with Crippen molar-refractivity contribution in [3.63, 3.8) is 0 Å². The number of alkyl halides is 1. The molecule has 1 fully saturated rings. The van der Waals surface area contributed by atoms with Gasteiger partial charge in [-0.25, -0.2) is 4.39 Å². The van der Waals surface area contributed by atoms with Gasteiger partial charge in [0.05, 0.1) is 7.11 Å². The molecule has 5 nitrogen and oxygen atoms in total. The number of carbonyl (C=O) groups excluding carboxylic acids is 1. The first kappa shape index (κ1) is 13.0. The molecule has 0 unspecified atom stereocenters. The van der Waals surface area contributed by atoms with E-state index in [1.54, 1.807) is 6.92 Å². The van der Waals surface area contributed by atoms with E-state index in [4.69, 9.17) is 12.6 Å². The molecule has 0 amide bonds. The van der Waals surface area contributed by atoms with Crippen LogP contribution in [0.3, 0.4) is 0 Å². The Morgan fingerprint density at radius 1 is 1.36 bits per heavy atom. The maximum absolute atomic E-state index is 13.0. The zero-order valence-electron chi connectivity index (χ0n) is 8.03. The molecule has 1 aliphatic rings. The average molecular weight is 226 g/mol. The van der Waals surface area contributed by atoms with Crippen LogP contribution in [0.5, 0.6) is 0 Å². The average Bonchev–Trinajstić information content (AvgIpc) is 2.50. The Labute approximate surface area is 82.3 Å². The molecule has 7 heteroatoms. The third-order valence-electron chi connectivity index (χ3n) is 2.35. The Kier molecular flexibility index (Phi) is 3.75. The van der Waals surface area contributed by atoms with E-state index in [0.29, 0.717) is 0 Å². The van der Waals surface area contributed by atoms with Gasteiger partial charge in [-0.2, -0.15) is 0 Å². The summed E-state index contributed by atoms with van der Waals surface area (Å²) in [6.07, 6.45) is 0.284. The SMILES string of the molecule is COC(=O)[C@@]1(C)C[C@]1(C)F.O=S(=O)=O. The summed E-state index contributed by atoms with van der Waals surface area (Å²) < 4.78 is 42.8. The van der Waals surface area contributed by atoms with Gasteiger partial charge in [0, 0.05) is 6.42 Å². The Hall–Kier alpha value is -0.980. The molecule has 82 valence electrons. The van der Waals surface area contributed by atoms with E-state index in [2.05, 4.69) is 4.74 Å². The van der Waals surface area contributed by atoms with Crippen LogP contribution < -0.4 is 0 Å². The summed E-state index contributed by atoms with van der Waals surface area (Å²) in [5, 5.41) is 0. The van der Waals surface area contributed by atoms with Crippen LogP contribution >= 0.6 is 0 Å². The standard InChI is InChI=1S/C7H11FO2.O3S/c1-6(5(9)10-3)4-7(6,2)8;1-4(2)3/h4H2,1-3H3;/t6-,7+;/m1./s1. The van der Waals surface area contributed by atoms with Gasteiger partial charge < -0.3 is 4.74 Å². The van der Waals surface area contributed by atoms with E-state index in [1.165, 1.54) is 14.0 Å². The van der Waals surface area contributed by atoms with Crippen molar-refractivity contribution in [2.24, 2.45) is 5.41 Å². The quantitative estimate of drug-likeness (QED) is 0.601. The van der Waals surface area contributed by atoms with Gasteiger partial charge in [-0.3, -0.25) is 4.79 Å². The van der Waals surface area contributed by atoms with Crippen LogP contribution in [0, 0.1) is 5.41 Å². The van der Waals surface area contributed by atoms with Crippen molar-refractivity contribution in [3.05, 3.63) is 0 Å². The molecule has 0 aliphatic heterocycles. The largest absolute Gasteiger partial charge is 0.469 e. The highest BCUT2D eigenvalue weighted by atomic mass is 32.2. The Morgan fingerprint density at radius 3 is 1.71 bits per heavy atom. The lowest BCUT2D eigenvalue weighted by atomic mass is 10.1. The van der Waals surface area contributed by atoms with Gasteiger partial charge in [0.2, 0.25) is 0 Å². The fourth-order valence-electron chi connectivity index (χ4n) is 1.13. The monoisotopic (exact) mass is 226 g/mol. The Morgan fingerprint density at radius 2 is 1.64 bits per heavy atom. The molecule has 1 aliphatic carbocycles. The zero-order chi connectivity index (χ0) is 11.6. The lowest BCUT2D eigenvalue weighted by Crippen LogP contribution is -2.21. The van der Waals surface area contributed by atoms with Crippen molar-refractivity contribution in [2.75, 3.05) is 7.11 Å². The molecule has 0 spiro atoms. The maximum Gasteiger partial charge on any atom is 0.425 e. The molecular weight excluding hydrogens is 215 g/mol. The highest BCUT2D eigenvalue weighted by molar-refractivity contribution is 7.59. The fourth-order valence-corrected chi connectivity index (χ4v) is 1.13. The van der Waals surface area contributed by atoms with Crippen LogP contribution in [-0.4, -0.2) is 31.4 Å². The molecule has 0 aromatic rings. The number of halogens is 1. The third kappa shape index (κ3) is 2.76. The number of rotatable bonds is 1. The number of esters is 1. The van der Waals surface area contributed by atoms with Crippen LogP contribution in [0.2, 0.25) is 0 Å². The van der Waals surface area contributed by atoms with E-state index in [0.717, 1.165) is 0 Å². The van der Waals surface area contributed by atoms with Crippen molar-refractivity contribution in [1.82, 2.24) is 0 Å². The van der Waals surface area contributed by atoms with Crippen LogP contribution in [-0.2, 0) is 20.1 Å². The molecule has 0 radical (unpaired) electrons. The number of methoxy groups -OCH3 is 1. The predicted octanol–water partition coefficient (Wildman–Crippen LogP) is 0.294. The molecule has 14 heavy (non-hydrogen) atoms. The number of hydrogen-bond acceptors (Lipinski definition) is 5. The van der Waals surface area contributed by atoms with Crippen LogP contribution in [0.15, 0.2) is 0 Å². The van der Waals surface area contributed by atoms with Gasteiger partial charge in [-0.1, -0.05) is 0 Å². The number of hydrogen-bond donors (Lipinski definition) is 0. The van der Waals surface area contributed by atoms with Crippen LogP contribution in [0.1, 0.15) is 20.3 Å². The summed E-state index contributed by atoms with van der Waals surface area (Å²) in [5.41, 5.74) is -2.22. The van der Waals surface area contributed by atoms with Crippen molar-refractivity contribution in [1.29, 1.82) is 0 Å². The van der Waals surface area contributed by atoms with Crippen molar-refractivity contribution < 1.29 is 26.5 Å². The normalized spacial score (nSPS) is 33.7. The summed E-state index contributed by atoms with van der Waals surface area (Å²) in [4.78, 5) is 10.8. The molecule has 1 rings (SSSR count). The van der Waals surface area contributed by atoms with Gasteiger partial charge in [0.1, 0.15) is 11.1 Å². The second-order valence-electron chi connectivity index (χ2n) is 3.40. The van der Waals surface area contributed by atoms with Gasteiger partial charge in [-0.15, -0.1) is 12.6 Å². The molecule has 0 saturated heterocycles. The summed E-state index contributed by atoms with van der Waals surface area (Å²) >= 11 is 0. The lowest BCUT2D eigenvalue weighted by Gasteiger charge is -2.07. The van der Waals surface area contributed by atoms with E-state index in [9.17, 15) is 9.18 Å². The van der Waals surface area contributed by atoms with Crippen molar-refractivity contribution in [3.8, 4) is 0 Å². The van der Waals surface area contributed by atoms with Gasteiger partial charge >= 0.3 is 16.6 Å². The summed E-state index contributed by atoms with van der Waals surface area (Å²) in [6.45, 7) is 3.00. The van der Waals surface area contributed by atoms with Gasteiger partial charge in [-0.05, 0) is 13.8 Å². The smallest absolute Gasteiger partial charge is 0.425 e. The van der Waals surface area contributed by atoms with Crippen LogP contribution in [0.4, 0.5) is 4.39 Å². The molecule has 0 heterocycles. The lowest BCUT2D eigenvalue weighted by molar-refractivity contribution is -0.148. The zero-order valence-corrected chi connectivity index (χ0v) is 8.85. The maximum atomic E-state index is 13.0. The molecule has 0 aromatic heterocycles. The molecular formula is C7H11FO5S. The second-order valence-corrected chi connectivity index (χ2v) is 3.81. The topological polar surface area (TPSA) is 77.5 Å². The second kappa shape index (κ2) is 4.04. The summed E-state index contributed by atoms with van der Waals surface area (Å²) in [7, 11) is -1.83. The van der Waals surface area contributed by atoms with Crippen molar-refractivity contribution >= 4 is 16.6 Å². The molecule has 0 bridgehead atoms. The first-order chi connectivity index (χ1) is 6.17. The Bertz CT molecular complexity index is 325. The summed E-state index contributed by atoms with van der Waals surface area (Å²) in [5.74, 6) is -0.447. The minimum Gasteiger partial charge on any atom is -0.469 e. The van der Waals surface area contributed by atoms with E-state index in [-0.39, 0.29) is 6.42 Å². The Balaban J connectivity index is 0.000000364. The van der Waals surface area contributed by atoms with E-state index < -0.39 is 27.7 Å². The number of ether oxygens (including phenoxy) is 1. The number of carbonyl (C=O) groups is 1. The molecule has 2 atom stereocenters. The first-order valence-corrected chi connectivity index (χ1v) is 4.71. The van der Waals surface area contributed by atoms with E-state index >= 15 is 0 Å². The molecule has 1 saturated carbocycles. The van der Waals surface area contributed by atoms with Crippen molar-refractivity contribution in [2.45, 2.75) is 25.9 Å².